The van der Waals surface area contributed by atoms with Crippen LogP contribution in [0.15, 0.2) is 0 Å². The molecule has 112 valence electrons. The van der Waals surface area contributed by atoms with Crippen LogP contribution in [0.3, 0.4) is 0 Å². The summed E-state index contributed by atoms with van der Waals surface area (Å²) in [5.74, 6) is 0.138. The Hall–Kier alpha value is -0.210. The van der Waals surface area contributed by atoms with Crippen molar-refractivity contribution in [3.05, 3.63) is 0 Å². The van der Waals surface area contributed by atoms with Gasteiger partial charge in [0.2, 0.25) is 10.0 Å². The molecular formula is C12H25N3O3S. The van der Waals surface area contributed by atoms with Crippen molar-refractivity contribution in [2.75, 3.05) is 45.1 Å². The summed E-state index contributed by atoms with van der Waals surface area (Å²) in [5, 5.41) is 0. The van der Waals surface area contributed by atoms with Crippen molar-refractivity contribution in [1.29, 1.82) is 0 Å². The number of nitrogens with zero attached hydrogens (tertiary/aromatic N) is 2. The van der Waals surface area contributed by atoms with Crippen molar-refractivity contribution in [1.82, 2.24) is 9.21 Å². The molecule has 0 radical (unpaired) electrons. The van der Waals surface area contributed by atoms with E-state index in [4.69, 9.17) is 10.5 Å². The van der Waals surface area contributed by atoms with Crippen LogP contribution in [0.1, 0.15) is 19.8 Å². The van der Waals surface area contributed by atoms with Crippen LogP contribution in [0.25, 0.3) is 0 Å². The zero-order valence-electron chi connectivity index (χ0n) is 11.6. The molecule has 0 bridgehead atoms. The molecule has 7 heteroatoms. The molecule has 2 rings (SSSR count). The number of hydrogen-bond acceptors (Lipinski definition) is 5. The van der Waals surface area contributed by atoms with E-state index < -0.39 is 10.0 Å². The Bertz CT molecular complexity index is 374. The van der Waals surface area contributed by atoms with Gasteiger partial charge in [-0.05, 0) is 19.8 Å². The highest BCUT2D eigenvalue weighted by Gasteiger charge is 2.31. The third-order valence-corrected chi connectivity index (χ3v) is 6.00. The number of piperazine rings is 1. The van der Waals surface area contributed by atoms with Gasteiger partial charge in [-0.1, -0.05) is 0 Å². The van der Waals surface area contributed by atoms with E-state index in [1.165, 1.54) is 0 Å². The first kappa shape index (κ1) is 15.2. The van der Waals surface area contributed by atoms with Crippen LogP contribution in [0.5, 0.6) is 0 Å². The van der Waals surface area contributed by atoms with Gasteiger partial charge in [0, 0.05) is 45.4 Å². The van der Waals surface area contributed by atoms with Gasteiger partial charge in [0.05, 0.1) is 11.9 Å². The van der Waals surface area contributed by atoms with Gasteiger partial charge in [-0.3, -0.25) is 4.90 Å². The van der Waals surface area contributed by atoms with Crippen molar-refractivity contribution < 1.29 is 13.2 Å². The molecule has 2 aliphatic rings. The molecule has 0 aromatic carbocycles. The molecule has 19 heavy (non-hydrogen) atoms. The van der Waals surface area contributed by atoms with E-state index >= 15 is 0 Å². The normalized spacial score (nSPS) is 28.6. The topological polar surface area (TPSA) is 75.9 Å². The molecular weight excluding hydrogens is 266 g/mol. The lowest BCUT2D eigenvalue weighted by atomic mass is 10.2. The summed E-state index contributed by atoms with van der Waals surface area (Å²) in [7, 11) is -3.17. The van der Waals surface area contributed by atoms with Crippen LogP contribution in [-0.2, 0) is 14.8 Å². The number of rotatable bonds is 5. The maximum absolute atomic E-state index is 12.3. The van der Waals surface area contributed by atoms with Crippen molar-refractivity contribution >= 4 is 10.0 Å². The minimum absolute atomic E-state index is 0.106. The van der Waals surface area contributed by atoms with E-state index in [1.54, 1.807) is 4.31 Å². The fourth-order valence-electron chi connectivity index (χ4n) is 2.69. The van der Waals surface area contributed by atoms with Crippen LogP contribution >= 0.6 is 0 Å². The van der Waals surface area contributed by atoms with Crippen LogP contribution in [-0.4, -0.2) is 74.9 Å². The van der Waals surface area contributed by atoms with E-state index in [-0.39, 0.29) is 11.9 Å². The zero-order valence-corrected chi connectivity index (χ0v) is 12.4. The Kier molecular flexibility index (Phi) is 5.19. The van der Waals surface area contributed by atoms with Gasteiger partial charge in [-0.25, -0.2) is 8.42 Å². The van der Waals surface area contributed by atoms with Gasteiger partial charge in [-0.15, -0.1) is 0 Å². The summed E-state index contributed by atoms with van der Waals surface area (Å²) in [6, 6.07) is 0.322. The first-order valence-corrected chi connectivity index (χ1v) is 8.67. The highest BCUT2D eigenvalue weighted by molar-refractivity contribution is 7.89. The zero-order chi connectivity index (χ0) is 13.9. The second kappa shape index (κ2) is 6.49. The summed E-state index contributed by atoms with van der Waals surface area (Å²) in [6.07, 6.45) is 1.73. The average molecular weight is 291 g/mol. The molecule has 2 aliphatic heterocycles. The van der Waals surface area contributed by atoms with Crippen LogP contribution in [0.4, 0.5) is 0 Å². The van der Waals surface area contributed by atoms with Gasteiger partial charge < -0.3 is 10.5 Å². The van der Waals surface area contributed by atoms with E-state index in [2.05, 4.69) is 11.8 Å². The van der Waals surface area contributed by atoms with Crippen LogP contribution < -0.4 is 5.73 Å². The summed E-state index contributed by atoms with van der Waals surface area (Å²) in [5.41, 5.74) is 5.64. The summed E-state index contributed by atoms with van der Waals surface area (Å²) >= 11 is 0. The van der Waals surface area contributed by atoms with Crippen molar-refractivity contribution in [3.8, 4) is 0 Å². The van der Waals surface area contributed by atoms with Crippen molar-refractivity contribution in [2.24, 2.45) is 5.73 Å². The smallest absolute Gasteiger partial charge is 0.216 e. The Labute approximate surface area is 115 Å². The monoisotopic (exact) mass is 291 g/mol. The maximum Gasteiger partial charge on any atom is 0.216 e. The Morgan fingerprint density at radius 2 is 2.00 bits per heavy atom. The lowest BCUT2D eigenvalue weighted by Crippen LogP contribution is -2.53. The van der Waals surface area contributed by atoms with E-state index in [1.807, 2.05) is 0 Å². The number of hydrogen-bond donors (Lipinski definition) is 1. The summed E-state index contributed by atoms with van der Waals surface area (Å²) in [4.78, 5) is 2.25. The Morgan fingerprint density at radius 3 is 2.53 bits per heavy atom. The molecule has 0 amide bonds. The molecule has 6 nitrogen and oxygen atoms in total. The molecule has 0 spiro atoms. The van der Waals surface area contributed by atoms with Gasteiger partial charge in [0.1, 0.15) is 0 Å². The third kappa shape index (κ3) is 3.88. The Balaban J connectivity index is 1.85. The lowest BCUT2D eigenvalue weighted by molar-refractivity contribution is 0.123. The highest BCUT2D eigenvalue weighted by Crippen LogP contribution is 2.17. The lowest BCUT2D eigenvalue weighted by Gasteiger charge is -2.37. The van der Waals surface area contributed by atoms with Gasteiger partial charge >= 0.3 is 0 Å². The molecule has 2 unspecified atom stereocenters. The van der Waals surface area contributed by atoms with Gasteiger partial charge in [0.15, 0.2) is 0 Å². The predicted octanol–water partition coefficient (Wildman–Crippen LogP) is -0.540. The molecule has 0 aliphatic carbocycles. The first-order valence-electron chi connectivity index (χ1n) is 7.06. The number of ether oxygens (including phenoxy) is 1. The van der Waals surface area contributed by atoms with Crippen LogP contribution in [0.2, 0.25) is 0 Å². The number of nitrogens with two attached hydrogens (primary N) is 1. The molecule has 2 N–H and O–H groups in total. The number of sulfonamides is 1. The molecule has 0 aromatic heterocycles. The molecule has 2 saturated heterocycles. The average Bonchev–Trinajstić information content (AvgIpc) is 2.90. The van der Waals surface area contributed by atoms with E-state index in [0.29, 0.717) is 32.3 Å². The Morgan fingerprint density at radius 1 is 1.32 bits per heavy atom. The van der Waals surface area contributed by atoms with Gasteiger partial charge in [-0.2, -0.15) is 4.31 Å². The molecule has 0 aromatic rings. The predicted molar refractivity (Wildman–Crippen MR) is 74.4 cm³/mol. The molecule has 0 saturated carbocycles. The second-order valence-corrected chi connectivity index (χ2v) is 7.45. The van der Waals surface area contributed by atoms with Gasteiger partial charge in [0.25, 0.3) is 0 Å². The van der Waals surface area contributed by atoms with Crippen molar-refractivity contribution in [2.45, 2.75) is 31.9 Å². The highest BCUT2D eigenvalue weighted by atomic mass is 32.2. The first-order chi connectivity index (χ1) is 9.03. The standard InChI is InChI=1S/C12H25N3O3S/c1-11(9-13)14-4-6-15(7-5-14)19(16,17)10-12-3-2-8-18-12/h11-12H,2-10,13H2,1H3. The summed E-state index contributed by atoms with van der Waals surface area (Å²) < 4.78 is 31.6. The molecule has 2 fully saturated rings. The largest absolute Gasteiger partial charge is 0.377 e. The third-order valence-electron chi connectivity index (χ3n) is 4.05. The fourth-order valence-corrected chi connectivity index (χ4v) is 4.35. The van der Waals surface area contributed by atoms with E-state index in [0.717, 1.165) is 25.9 Å². The molecule has 2 atom stereocenters. The van der Waals surface area contributed by atoms with Crippen molar-refractivity contribution in [3.63, 3.8) is 0 Å². The quantitative estimate of drug-likeness (QED) is 0.736. The maximum atomic E-state index is 12.3. The summed E-state index contributed by atoms with van der Waals surface area (Å²) in [6.45, 7) is 6.06. The van der Waals surface area contributed by atoms with Crippen LogP contribution in [0, 0.1) is 0 Å². The second-order valence-electron chi connectivity index (χ2n) is 5.43. The molecule has 2 heterocycles. The minimum atomic E-state index is -3.17. The minimum Gasteiger partial charge on any atom is -0.377 e. The SMILES string of the molecule is CC(CN)N1CCN(S(=O)(=O)CC2CCCO2)CC1. The van der Waals surface area contributed by atoms with E-state index in [9.17, 15) is 8.42 Å². The fraction of sp³-hybridized carbons (Fsp3) is 1.00.